The van der Waals surface area contributed by atoms with Gasteiger partial charge in [-0.1, -0.05) is 50.1 Å². The number of rotatable bonds is 2. The van der Waals surface area contributed by atoms with E-state index in [1.807, 2.05) is 0 Å². The van der Waals surface area contributed by atoms with Crippen LogP contribution in [0.3, 0.4) is 0 Å². The van der Waals surface area contributed by atoms with Crippen LogP contribution in [0.2, 0.25) is 0 Å². The normalized spacial score (nSPS) is 22.0. The minimum absolute atomic E-state index is 0.513. The van der Waals surface area contributed by atoms with E-state index in [0.29, 0.717) is 12.0 Å². The number of fused-ring (bicyclic) bond motifs is 1. The van der Waals surface area contributed by atoms with E-state index >= 15 is 0 Å². The molecule has 3 heteroatoms. The highest BCUT2D eigenvalue weighted by molar-refractivity contribution is 7.80. The van der Waals surface area contributed by atoms with Crippen LogP contribution < -0.4 is 10.6 Å². The maximum absolute atomic E-state index is 5.47. The Hall–Kier alpha value is -1.61. The molecule has 1 aliphatic rings. The highest BCUT2D eigenvalue weighted by atomic mass is 32.1. The van der Waals surface area contributed by atoms with E-state index in [4.69, 9.17) is 12.2 Å². The number of nitrogens with one attached hydrogen (secondary N) is 2. The van der Waals surface area contributed by atoms with Crippen LogP contribution in [0.1, 0.15) is 32.6 Å². The minimum Gasteiger partial charge on any atom is -0.359 e. The lowest BCUT2D eigenvalue weighted by Gasteiger charge is -2.30. The van der Waals surface area contributed by atoms with Crippen molar-refractivity contribution in [3.8, 4) is 0 Å². The summed E-state index contributed by atoms with van der Waals surface area (Å²) in [6, 6.07) is 15.2. The van der Waals surface area contributed by atoms with Crippen molar-refractivity contribution >= 4 is 33.8 Å². The van der Waals surface area contributed by atoms with Gasteiger partial charge in [-0.05, 0) is 53.9 Å². The van der Waals surface area contributed by atoms with E-state index in [1.54, 1.807) is 0 Å². The van der Waals surface area contributed by atoms with Crippen molar-refractivity contribution in [3.05, 3.63) is 42.5 Å². The monoisotopic (exact) mass is 298 g/mol. The van der Waals surface area contributed by atoms with Crippen molar-refractivity contribution in [2.45, 2.75) is 38.6 Å². The third-order valence-electron chi connectivity index (χ3n) is 4.44. The van der Waals surface area contributed by atoms with Gasteiger partial charge in [-0.15, -0.1) is 0 Å². The number of benzene rings is 2. The predicted octanol–water partition coefficient (Wildman–Crippen LogP) is 4.70. The summed E-state index contributed by atoms with van der Waals surface area (Å²) in [4.78, 5) is 0. The summed E-state index contributed by atoms with van der Waals surface area (Å²) in [7, 11) is 0. The maximum atomic E-state index is 5.47. The van der Waals surface area contributed by atoms with Gasteiger partial charge in [0, 0.05) is 11.7 Å². The van der Waals surface area contributed by atoms with Gasteiger partial charge in [0.15, 0.2) is 5.11 Å². The molecule has 0 heterocycles. The molecule has 2 nitrogen and oxygen atoms in total. The van der Waals surface area contributed by atoms with Gasteiger partial charge in [0.2, 0.25) is 0 Å². The zero-order valence-electron chi connectivity index (χ0n) is 12.4. The van der Waals surface area contributed by atoms with Crippen molar-refractivity contribution in [3.63, 3.8) is 0 Å². The van der Waals surface area contributed by atoms with Crippen molar-refractivity contribution < 1.29 is 0 Å². The highest BCUT2D eigenvalue weighted by Crippen LogP contribution is 2.24. The molecule has 0 aromatic heterocycles. The van der Waals surface area contributed by atoms with E-state index in [0.717, 1.165) is 10.8 Å². The summed E-state index contributed by atoms with van der Waals surface area (Å²) >= 11 is 5.47. The molecule has 1 aliphatic carbocycles. The molecule has 2 N–H and O–H groups in total. The van der Waals surface area contributed by atoms with Crippen molar-refractivity contribution in [1.82, 2.24) is 5.32 Å². The van der Waals surface area contributed by atoms with Gasteiger partial charge >= 0.3 is 0 Å². The first-order valence-electron chi connectivity index (χ1n) is 7.79. The molecule has 21 heavy (non-hydrogen) atoms. The summed E-state index contributed by atoms with van der Waals surface area (Å²) in [6.07, 6.45) is 5.18. The Kier molecular flexibility index (Phi) is 4.39. The Morgan fingerprint density at radius 1 is 1.05 bits per heavy atom. The zero-order chi connectivity index (χ0) is 14.7. The van der Waals surface area contributed by atoms with E-state index in [1.165, 1.54) is 36.5 Å². The number of anilines is 1. The quantitative estimate of drug-likeness (QED) is 0.786. The van der Waals surface area contributed by atoms with Crippen LogP contribution in [0.15, 0.2) is 42.5 Å². The summed E-state index contributed by atoms with van der Waals surface area (Å²) < 4.78 is 0. The first-order chi connectivity index (χ1) is 10.2. The first kappa shape index (κ1) is 14.3. The number of thiocarbonyl (C=S) groups is 1. The van der Waals surface area contributed by atoms with Gasteiger partial charge in [-0.25, -0.2) is 0 Å². The fraction of sp³-hybridized carbons (Fsp3) is 0.389. The molecule has 3 rings (SSSR count). The van der Waals surface area contributed by atoms with Crippen molar-refractivity contribution in [1.29, 1.82) is 0 Å². The van der Waals surface area contributed by atoms with Gasteiger partial charge in [-0.3, -0.25) is 0 Å². The van der Waals surface area contributed by atoms with Crippen LogP contribution in [0.4, 0.5) is 5.69 Å². The fourth-order valence-electron chi connectivity index (χ4n) is 3.13. The van der Waals surface area contributed by atoms with E-state index in [-0.39, 0.29) is 0 Å². The lowest BCUT2D eigenvalue weighted by Crippen LogP contribution is -2.43. The Morgan fingerprint density at radius 3 is 2.62 bits per heavy atom. The van der Waals surface area contributed by atoms with Gasteiger partial charge < -0.3 is 10.6 Å². The van der Waals surface area contributed by atoms with Crippen molar-refractivity contribution in [2.24, 2.45) is 5.92 Å². The highest BCUT2D eigenvalue weighted by Gasteiger charge is 2.21. The second-order valence-corrected chi connectivity index (χ2v) is 6.44. The minimum atomic E-state index is 0.513. The Balaban J connectivity index is 1.65. The summed E-state index contributed by atoms with van der Waals surface area (Å²) in [5.41, 5.74) is 1.05. The van der Waals surface area contributed by atoms with Crippen LogP contribution >= 0.6 is 12.2 Å². The summed E-state index contributed by atoms with van der Waals surface area (Å²) in [5.74, 6) is 0.704. The third kappa shape index (κ3) is 3.53. The van der Waals surface area contributed by atoms with Crippen LogP contribution in [-0.4, -0.2) is 11.2 Å². The SMILES string of the molecule is CC1CCCCC1NC(=S)Nc1ccc2ccccc2c1. The van der Waals surface area contributed by atoms with Gasteiger partial charge in [0.25, 0.3) is 0 Å². The van der Waals surface area contributed by atoms with Crippen LogP contribution in [0, 0.1) is 5.92 Å². The van der Waals surface area contributed by atoms with Gasteiger partial charge in [0.1, 0.15) is 0 Å². The second-order valence-electron chi connectivity index (χ2n) is 6.03. The number of hydrogen-bond donors (Lipinski definition) is 2. The van der Waals surface area contributed by atoms with E-state index < -0.39 is 0 Å². The molecular weight excluding hydrogens is 276 g/mol. The second kappa shape index (κ2) is 6.44. The smallest absolute Gasteiger partial charge is 0.171 e. The van der Waals surface area contributed by atoms with E-state index in [2.05, 4.69) is 60.0 Å². The van der Waals surface area contributed by atoms with Crippen LogP contribution in [0.5, 0.6) is 0 Å². The first-order valence-corrected chi connectivity index (χ1v) is 8.19. The lowest BCUT2D eigenvalue weighted by atomic mass is 9.86. The van der Waals surface area contributed by atoms with E-state index in [9.17, 15) is 0 Å². The lowest BCUT2D eigenvalue weighted by molar-refractivity contribution is 0.309. The summed E-state index contributed by atoms with van der Waals surface area (Å²) in [5, 5.41) is 10.0. The molecule has 0 aliphatic heterocycles. The zero-order valence-corrected chi connectivity index (χ0v) is 13.2. The molecule has 2 aromatic rings. The molecule has 0 radical (unpaired) electrons. The largest absolute Gasteiger partial charge is 0.359 e. The molecule has 2 aromatic carbocycles. The topological polar surface area (TPSA) is 24.1 Å². The molecule has 1 fully saturated rings. The van der Waals surface area contributed by atoms with Gasteiger partial charge in [-0.2, -0.15) is 0 Å². The molecule has 1 saturated carbocycles. The fourth-order valence-corrected chi connectivity index (χ4v) is 3.40. The Labute approximate surface area is 131 Å². The average Bonchev–Trinajstić information content (AvgIpc) is 2.49. The molecule has 2 unspecified atom stereocenters. The maximum Gasteiger partial charge on any atom is 0.171 e. The standard InChI is InChI=1S/C18H22N2S/c1-13-6-2-5-9-17(13)20-18(21)19-16-11-10-14-7-3-4-8-15(14)12-16/h3-4,7-8,10-13,17H,2,5-6,9H2,1H3,(H2,19,20,21). The number of hydrogen-bond acceptors (Lipinski definition) is 1. The Morgan fingerprint density at radius 2 is 1.81 bits per heavy atom. The molecule has 0 amide bonds. The molecule has 0 saturated heterocycles. The Bertz CT molecular complexity index is 638. The van der Waals surface area contributed by atoms with Crippen LogP contribution in [-0.2, 0) is 0 Å². The van der Waals surface area contributed by atoms with Crippen molar-refractivity contribution in [2.75, 3.05) is 5.32 Å². The third-order valence-corrected chi connectivity index (χ3v) is 4.66. The van der Waals surface area contributed by atoms with Crippen LogP contribution in [0.25, 0.3) is 10.8 Å². The predicted molar refractivity (Wildman–Crippen MR) is 94.7 cm³/mol. The molecule has 0 spiro atoms. The molecule has 110 valence electrons. The molecule has 0 bridgehead atoms. The summed E-state index contributed by atoms with van der Waals surface area (Å²) in [6.45, 7) is 2.31. The van der Waals surface area contributed by atoms with Gasteiger partial charge in [0.05, 0.1) is 0 Å². The molecular formula is C18H22N2S. The average molecular weight is 298 g/mol. The molecule has 2 atom stereocenters.